The van der Waals surface area contributed by atoms with Crippen LogP contribution in [0.5, 0.6) is 5.75 Å². The van der Waals surface area contributed by atoms with E-state index in [1.165, 1.54) is 42.0 Å². The van der Waals surface area contributed by atoms with Crippen molar-refractivity contribution in [3.63, 3.8) is 0 Å². The van der Waals surface area contributed by atoms with Crippen molar-refractivity contribution in [3.05, 3.63) is 30.3 Å². The second-order valence-electron chi connectivity index (χ2n) is 32.7. The highest BCUT2D eigenvalue weighted by Gasteiger charge is 2.54. The highest BCUT2D eigenvalue weighted by Crippen LogP contribution is 2.36. The van der Waals surface area contributed by atoms with Crippen LogP contribution < -0.4 is 42.0 Å². The van der Waals surface area contributed by atoms with Gasteiger partial charge in [-0.15, -0.1) is 13.6 Å². The Morgan fingerprint density at radius 3 is 1.07 bits per heavy atom. The molecule has 668 valence electrons. The lowest BCUT2D eigenvalue weighted by molar-refractivity contribution is -0.127. The fraction of sp³-hybridized carbons (Fsp3) is 0.704. The van der Waals surface area contributed by atoms with Gasteiger partial charge < -0.3 is 110 Å². The van der Waals surface area contributed by atoms with Gasteiger partial charge in [0.2, 0.25) is 29.5 Å². The van der Waals surface area contributed by atoms with Gasteiger partial charge in [0.05, 0.1) is 48.9 Å². The van der Waals surface area contributed by atoms with Crippen LogP contribution in [0.3, 0.4) is 0 Å². The Bertz CT molecular complexity index is 4220. The Morgan fingerprint density at radius 1 is 0.407 bits per heavy atom. The van der Waals surface area contributed by atoms with Crippen molar-refractivity contribution in [3.8, 4) is 5.75 Å². The normalized spacial score (nSPS) is 27.7. The number of fused-ring (bicyclic) bond motifs is 10. The molecule has 15 fully saturated rings. The third-order valence-corrected chi connectivity index (χ3v) is 25.6. The van der Waals surface area contributed by atoms with Crippen LogP contribution in [0, 0.1) is 0 Å². The maximum atomic E-state index is 12.9. The SMILES string of the molecule is O=C(NC1CCNCC1)[C@@H]1CC[C@@H]2CN1C(=O)N2OS(=O)(=O)O.O=C[B]N1CCC(NC(=O)[C@@H]2CC[C@@H]3CN2C(=O)N3)CC1.O=C[B]N1CCC(NC(=O)[C@@H]2CC[C@@H]3CN2C(=O)N3O)CC1.O=C[B]N1CCC(NC(=O)[C@@H]2CC[C@@H]3CN2C(=O)N3OC(=S)Oc2ccccc2)CC1.O=C[B]N1CCC(NC(=O)[C@@H]2CC[C@@H]3CN2C(=O)N3OS(=O)(=O)O)CC1. The predicted octanol–water partition coefficient (Wildman–Crippen LogP) is -3.86. The molecule has 1 aromatic rings. The molecule has 15 aliphatic rings. The summed E-state index contributed by atoms with van der Waals surface area (Å²) in [6, 6.07) is 3.01. The van der Waals surface area contributed by atoms with Crippen molar-refractivity contribution in [2.75, 3.05) is 98.2 Å². The summed E-state index contributed by atoms with van der Waals surface area (Å²) in [5, 5.41) is 33.9. The fourth-order valence-corrected chi connectivity index (χ4v) is 19.2. The van der Waals surface area contributed by atoms with Crippen LogP contribution in [-0.4, -0.2) is 403 Å². The molecule has 10 bridgehead atoms. The minimum atomic E-state index is -4.80. The van der Waals surface area contributed by atoms with Gasteiger partial charge in [-0.25, -0.2) is 29.0 Å². The van der Waals surface area contributed by atoms with E-state index in [9.17, 15) is 89.2 Å². The van der Waals surface area contributed by atoms with E-state index in [0.717, 1.165) is 146 Å². The van der Waals surface area contributed by atoms with E-state index in [4.69, 9.17) is 30.9 Å². The zero-order chi connectivity index (χ0) is 87.8. The smallest absolute Gasteiger partial charge is 0.416 e. The Labute approximate surface area is 719 Å². The molecule has 52 heteroatoms. The van der Waals surface area contributed by atoms with Gasteiger partial charge in [-0.2, -0.15) is 27.0 Å². The van der Waals surface area contributed by atoms with Crippen LogP contribution in [0.15, 0.2) is 30.3 Å². The zero-order valence-corrected chi connectivity index (χ0v) is 70.2. The molecule has 123 heavy (non-hydrogen) atoms. The molecule has 0 unspecified atom stereocenters. The van der Waals surface area contributed by atoms with Crippen molar-refractivity contribution in [1.82, 2.24) is 101 Å². The number of rotatable bonds is 24. The number of carbonyl (C=O) groups is 14. The Morgan fingerprint density at radius 2 is 0.715 bits per heavy atom. The monoisotopic (exact) mass is 1780 g/mol. The van der Waals surface area contributed by atoms with E-state index in [0.29, 0.717) is 113 Å². The molecule has 15 amide bonds. The van der Waals surface area contributed by atoms with E-state index in [-0.39, 0.29) is 114 Å². The third kappa shape index (κ3) is 24.6. The van der Waals surface area contributed by atoms with Gasteiger partial charge in [-0.1, -0.05) is 18.2 Å². The van der Waals surface area contributed by atoms with Crippen LogP contribution in [0.4, 0.5) is 24.0 Å². The summed E-state index contributed by atoms with van der Waals surface area (Å²) < 4.78 is 75.1. The van der Waals surface area contributed by atoms with Crippen molar-refractivity contribution in [2.45, 2.75) is 219 Å². The number of hydrogen-bond acceptors (Lipinski definition) is 29. The molecule has 0 spiro atoms. The topological polar surface area (TPSA) is 531 Å². The third-order valence-electron chi connectivity index (χ3n) is 24.7. The maximum Gasteiger partial charge on any atom is 0.418 e. The number of hydroxylamine groups is 8. The summed E-state index contributed by atoms with van der Waals surface area (Å²) >= 11 is 5.14. The number of amides is 15. The molecular weight excluding hydrogens is 1670 g/mol. The van der Waals surface area contributed by atoms with Crippen LogP contribution in [0.2, 0.25) is 0 Å². The van der Waals surface area contributed by atoms with E-state index >= 15 is 0 Å². The molecule has 15 aliphatic heterocycles. The van der Waals surface area contributed by atoms with Crippen molar-refractivity contribution in [2.24, 2.45) is 0 Å². The molecule has 0 aromatic heterocycles. The minimum Gasteiger partial charge on any atom is -0.416 e. The second-order valence-corrected chi connectivity index (χ2v) is 35.0. The molecule has 0 saturated carbocycles. The van der Waals surface area contributed by atoms with E-state index in [1.54, 1.807) is 29.3 Å². The number of benzene rings is 1. The number of hydrogen-bond donors (Lipinski definition) is 10. The molecule has 16 rings (SSSR count). The van der Waals surface area contributed by atoms with Gasteiger partial charge in [0.15, 0.2) is 0 Å². The first-order valence-corrected chi connectivity index (χ1v) is 44.9. The summed E-state index contributed by atoms with van der Waals surface area (Å²) in [5.41, 5.74) is 0. The van der Waals surface area contributed by atoms with Crippen LogP contribution in [-0.2, 0) is 77.4 Å². The van der Waals surface area contributed by atoms with Gasteiger partial charge in [0.1, 0.15) is 36.0 Å². The highest BCUT2D eigenvalue weighted by molar-refractivity contribution is 7.81. The average Bonchev–Trinajstić information content (AvgIpc) is 1.64. The molecule has 4 radical (unpaired) electrons. The van der Waals surface area contributed by atoms with Crippen LogP contribution in [0.25, 0.3) is 0 Å². The number of urea groups is 5. The minimum absolute atomic E-state index is 0.0386. The summed E-state index contributed by atoms with van der Waals surface area (Å²) in [7, 11) is -3.49. The number of nitrogens with one attached hydrogen (secondary N) is 7. The maximum absolute atomic E-state index is 12.9. The average molecular weight is 1780 g/mol. The molecule has 0 aliphatic carbocycles. The quantitative estimate of drug-likeness (QED) is 0.0156. The van der Waals surface area contributed by atoms with Crippen LogP contribution in [0.1, 0.15) is 128 Å². The molecule has 10 N–H and O–H groups in total. The lowest BCUT2D eigenvalue weighted by Crippen LogP contribution is -2.54. The number of ether oxygens (including phenoxy) is 1. The molecule has 45 nitrogen and oxygen atoms in total. The molecule has 15 saturated heterocycles. The summed E-state index contributed by atoms with van der Waals surface area (Å²) in [6.45, 7) is 9.34. The van der Waals surface area contributed by atoms with Crippen LogP contribution >= 0.6 is 12.2 Å². The predicted molar refractivity (Wildman–Crippen MR) is 438 cm³/mol. The first kappa shape index (κ1) is 93.2. The summed E-state index contributed by atoms with van der Waals surface area (Å²) in [4.78, 5) is 186. The fourth-order valence-electron chi connectivity index (χ4n) is 18.3. The van der Waals surface area contributed by atoms with E-state index in [1.807, 2.05) is 37.4 Å². The standard InChI is InChI=1S/C20H24BN4O5S.C13H20BN4O7S.C13H20BN4O4.C13H20BN4O3.C12H20N4O6S/c26-13-21-23-10-8-14(9-11-23)22-18(27)17-7-6-15-12-24(17)19(28)25(15)30-20(31)29-16-4-2-1-3-5-16;19-8-14-16-5-3-9(4-6-16)15-12(20)11-2-1-10-7-17(11)13(21)18(10)25-26(22,23)24;19-8-14-16-5-3-9(4-6-16)15-12(20)11-2-1-10-7-17(11)13(21)18(10)22;19-8-14-17-5-3-9(4-6-17)15-12(20)11-2-1-10-7-18(11)13(21)16-10;17-11(14-8-3-5-13-6-4-8)10-2-1-9-7-15(10)12(18)16(9)22-23(19,20)21/h1-5,13-15,17H,6-12H2,(H,22,27);8-11H,1-7H2,(H,15,20)(H,22,23,24);8-11,22H,1-7H2,(H,15,20);8-11H,1-7H2,(H,15,20)(H,16,21);8-10,13H,1-7H2,(H,14,17)(H,19,20,21)/t15-,17+;3*10-,11+;9-,10+/m11111/s1. The first-order chi connectivity index (χ1) is 58.9. The number of carbonyl (C=O) groups excluding carboxylic acids is 14. The Hall–Kier alpha value is -8.95. The van der Waals surface area contributed by atoms with E-state index in [2.05, 4.69) is 45.8 Å². The van der Waals surface area contributed by atoms with Gasteiger partial charge >= 0.3 is 56.2 Å². The lowest BCUT2D eigenvalue weighted by Gasteiger charge is -2.34. The number of thiocarbonyl (C=S) groups is 1. The van der Waals surface area contributed by atoms with E-state index < -0.39 is 75.1 Å². The number of para-hydroxylation sites is 1. The molecular formula is C71H104B4N20O25S3. The van der Waals surface area contributed by atoms with Crippen molar-refractivity contribution < 1.29 is 116 Å². The zero-order valence-electron chi connectivity index (χ0n) is 67.8. The van der Waals surface area contributed by atoms with Crippen molar-refractivity contribution >= 4 is 152 Å². The van der Waals surface area contributed by atoms with Gasteiger partial charge in [0.25, 0.3) is 29.7 Å². The number of nitrogens with zero attached hydrogens (tertiary/aromatic N) is 13. The molecule has 15 heterocycles. The van der Waals surface area contributed by atoms with Crippen molar-refractivity contribution in [1.29, 1.82) is 0 Å². The largest absolute Gasteiger partial charge is 0.418 e. The lowest BCUT2D eigenvalue weighted by atomic mass is 9.89. The Balaban J connectivity index is 0.000000141. The van der Waals surface area contributed by atoms with Gasteiger partial charge in [-0.3, -0.25) is 38.3 Å². The second kappa shape index (κ2) is 42.8. The van der Waals surface area contributed by atoms with Gasteiger partial charge in [0, 0.05) is 81.2 Å². The Kier molecular flexibility index (Phi) is 32.5. The number of piperidine rings is 10. The molecule has 1 aromatic carbocycles. The summed E-state index contributed by atoms with van der Waals surface area (Å²) in [5.74, 6) is -0.310. The molecule has 10 atom stereocenters. The first-order valence-electron chi connectivity index (χ1n) is 41.7. The van der Waals surface area contributed by atoms with Gasteiger partial charge in [-0.05, 0) is 206 Å². The summed E-state index contributed by atoms with van der Waals surface area (Å²) in [6.07, 6.45) is 16.6. The highest BCUT2D eigenvalue weighted by atomic mass is 32.3.